The molecule has 1 N–H and O–H groups in total. The molecular formula is C19H18ClFN2O2S. The van der Waals surface area contributed by atoms with Gasteiger partial charge >= 0.3 is 5.97 Å². The normalized spacial score (nSPS) is 16.9. The Morgan fingerprint density at radius 3 is 2.81 bits per heavy atom. The van der Waals surface area contributed by atoms with E-state index in [2.05, 4.69) is 10.3 Å². The van der Waals surface area contributed by atoms with Crippen molar-refractivity contribution in [2.24, 2.45) is 4.99 Å². The number of halogens is 2. The molecule has 1 aliphatic rings. The average molecular weight is 393 g/mol. The lowest BCUT2D eigenvalue weighted by Gasteiger charge is -2.27. The molecule has 0 radical (unpaired) electrons. The maximum atomic E-state index is 14.0. The van der Waals surface area contributed by atoms with Gasteiger partial charge in [-0.1, -0.05) is 36.7 Å². The molecule has 2 aromatic rings. The third-order valence-corrected chi connectivity index (χ3v) is 5.28. The summed E-state index contributed by atoms with van der Waals surface area (Å²) in [7, 11) is 0. The average Bonchev–Trinajstić information content (AvgIpc) is 3.18. The van der Waals surface area contributed by atoms with E-state index in [9.17, 15) is 9.18 Å². The van der Waals surface area contributed by atoms with E-state index in [1.54, 1.807) is 19.1 Å². The Labute approximate surface area is 160 Å². The van der Waals surface area contributed by atoms with Gasteiger partial charge in [-0.3, -0.25) is 4.99 Å². The predicted molar refractivity (Wildman–Crippen MR) is 102 cm³/mol. The van der Waals surface area contributed by atoms with E-state index in [0.717, 1.165) is 4.88 Å². The molecule has 0 saturated heterocycles. The van der Waals surface area contributed by atoms with Gasteiger partial charge in [0.15, 0.2) is 0 Å². The number of carbonyl (C=O) groups excluding carboxylic acids is 1. The second-order valence-corrected chi connectivity index (χ2v) is 6.92. The number of nitrogens with zero attached hydrogens (tertiary/aromatic N) is 1. The number of ether oxygens (including phenoxy) is 1. The van der Waals surface area contributed by atoms with Gasteiger partial charge in [-0.2, -0.15) is 0 Å². The molecule has 2 heterocycles. The number of amidine groups is 1. The van der Waals surface area contributed by atoms with Gasteiger partial charge in [0.2, 0.25) is 0 Å². The molecule has 136 valence electrons. The van der Waals surface area contributed by atoms with E-state index in [1.807, 2.05) is 24.4 Å². The van der Waals surface area contributed by atoms with Crippen LogP contribution in [0.4, 0.5) is 4.39 Å². The summed E-state index contributed by atoms with van der Waals surface area (Å²) in [5.41, 5.74) is 1.51. The Kier molecular flexibility index (Phi) is 5.74. The molecule has 0 fully saturated rings. The number of hydrogen-bond acceptors (Lipinski definition) is 5. The standard InChI is InChI=1S/C19H18ClFN2O2S/c1-3-13-15(19(24)25-4-2)17(11-7-5-8-12(21)16(11)20)23-18(22-13)14-9-6-10-26-14/h5-10,17H,3-4H2,1-2H3,(H,22,23)/t17-/m0/s1. The summed E-state index contributed by atoms with van der Waals surface area (Å²) in [6.07, 6.45) is 0.571. The van der Waals surface area contributed by atoms with E-state index in [0.29, 0.717) is 29.1 Å². The molecule has 1 atom stereocenters. The van der Waals surface area contributed by atoms with Crippen molar-refractivity contribution in [2.75, 3.05) is 6.61 Å². The highest BCUT2D eigenvalue weighted by atomic mass is 35.5. The van der Waals surface area contributed by atoms with Crippen LogP contribution in [0.2, 0.25) is 5.02 Å². The first-order valence-corrected chi connectivity index (χ1v) is 9.55. The summed E-state index contributed by atoms with van der Waals surface area (Å²) < 4.78 is 19.3. The summed E-state index contributed by atoms with van der Waals surface area (Å²) in [5, 5.41) is 5.14. The molecule has 0 unspecified atom stereocenters. The maximum absolute atomic E-state index is 14.0. The number of rotatable bonds is 5. The van der Waals surface area contributed by atoms with E-state index < -0.39 is 17.8 Å². The summed E-state index contributed by atoms with van der Waals surface area (Å²) >= 11 is 7.73. The van der Waals surface area contributed by atoms with Crippen molar-refractivity contribution in [3.63, 3.8) is 0 Å². The number of allylic oxidation sites excluding steroid dienone is 1. The van der Waals surface area contributed by atoms with Crippen LogP contribution >= 0.6 is 22.9 Å². The zero-order chi connectivity index (χ0) is 18.7. The van der Waals surface area contributed by atoms with E-state index in [1.165, 1.54) is 17.4 Å². The summed E-state index contributed by atoms with van der Waals surface area (Å²) in [6.45, 7) is 3.92. The van der Waals surface area contributed by atoms with Crippen molar-refractivity contribution in [2.45, 2.75) is 26.3 Å². The highest BCUT2D eigenvalue weighted by Gasteiger charge is 2.33. The van der Waals surface area contributed by atoms with Crippen LogP contribution in [-0.2, 0) is 9.53 Å². The minimum atomic E-state index is -0.731. The Balaban J connectivity index is 2.17. The number of esters is 1. The van der Waals surface area contributed by atoms with Crippen LogP contribution in [0.15, 0.2) is 52.0 Å². The highest BCUT2D eigenvalue weighted by molar-refractivity contribution is 7.12. The Hall–Kier alpha value is -2.18. The summed E-state index contributed by atoms with van der Waals surface area (Å²) in [4.78, 5) is 18.2. The van der Waals surface area contributed by atoms with E-state index in [-0.39, 0.29) is 11.6 Å². The van der Waals surface area contributed by atoms with Gasteiger partial charge in [-0.15, -0.1) is 11.3 Å². The summed E-state index contributed by atoms with van der Waals surface area (Å²) in [6, 6.07) is 7.65. The van der Waals surface area contributed by atoms with Crippen molar-refractivity contribution in [1.29, 1.82) is 0 Å². The molecule has 0 saturated carbocycles. The van der Waals surface area contributed by atoms with Crippen molar-refractivity contribution < 1.29 is 13.9 Å². The third kappa shape index (κ3) is 3.52. The smallest absolute Gasteiger partial charge is 0.338 e. The van der Waals surface area contributed by atoms with Crippen molar-refractivity contribution in [3.05, 3.63) is 68.3 Å². The second-order valence-electron chi connectivity index (χ2n) is 5.59. The van der Waals surface area contributed by atoms with Gasteiger partial charge in [0.1, 0.15) is 17.7 Å². The van der Waals surface area contributed by atoms with Crippen LogP contribution in [0.5, 0.6) is 0 Å². The highest BCUT2D eigenvalue weighted by Crippen LogP contribution is 2.37. The number of thiophene rings is 1. The molecular weight excluding hydrogens is 375 g/mol. The monoisotopic (exact) mass is 392 g/mol. The lowest BCUT2D eigenvalue weighted by atomic mass is 9.94. The molecule has 26 heavy (non-hydrogen) atoms. The van der Waals surface area contributed by atoms with Gasteiger partial charge in [0.25, 0.3) is 0 Å². The Morgan fingerprint density at radius 2 is 2.15 bits per heavy atom. The molecule has 0 spiro atoms. The van der Waals surface area contributed by atoms with Crippen LogP contribution < -0.4 is 5.32 Å². The first kappa shape index (κ1) is 18.6. The molecule has 4 nitrogen and oxygen atoms in total. The SMILES string of the molecule is CCOC(=O)C1=C(CC)NC(c2cccs2)=N[C@H]1c1cccc(F)c1Cl. The van der Waals surface area contributed by atoms with Crippen molar-refractivity contribution >= 4 is 34.7 Å². The fraction of sp³-hybridized carbons (Fsp3) is 0.263. The third-order valence-electron chi connectivity index (χ3n) is 4.01. The molecule has 1 aromatic carbocycles. The van der Waals surface area contributed by atoms with Crippen LogP contribution in [-0.4, -0.2) is 18.4 Å². The largest absolute Gasteiger partial charge is 0.463 e. The van der Waals surface area contributed by atoms with Crippen LogP contribution in [0.1, 0.15) is 36.8 Å². The number of nitrogens with one attached hydrogen (secondary N) is 1. The lowest BCUT2D eigenvalue weighted by molar-refractivity contribution is -0.139. The first-order chi connectivity index (χ1) is 12.6. The quantitative estimate of drug-likeness (QED) is 0.739. The molecule has 7 heteroatoms. The minimum absolute atomic E-state index is 0.0362. The first-order valence-electron chi connectivity index (χ1n) is 8.29. The van der Waals surface area contributed by atoms with E-state index >= 15 is 0 Å². The number of aliphatic imine (C=N–C) groups is 1. The second kappa shape index (κ2) is 8.01. The minimum Gasteiger partial charge on any atom is -0.463 e. The number of hydrogen-bond donors (Lipinski definition) is 1. The molecule has 1 aliphatic heterocycles. The molecule has 1 aromatic heterocycles. The lowest BCUT2D eigenvalue weighted by Crippen LogP contribution is -2.33. The van der Waals surface area contributed by atoms with Crippen molar-refractivity contribution in [3.8, 4) is 0 Å². The maximum Gasteiger partial charge on any atom is 0.338 e. The Morgan fingerprint density at radius 1 is 1.35 bits per heavy atom. The predicted octanol–water partition coefficient (Wildman–Crippen LogP) is 4.86. The fourth-order valence-electron chi connectivity index (χ4n) is 2.82. The van der Waals surface area contributed by atoms with Crippen LogP contribution in [0.3, 0.4) is 0 Å². The van der Waals surface area contributed by atoms with Crippen LogP contribution in [0.25, 0.3) is 0 Å². The van der Waals surface area contributed by atoms with E-state index in [4.69, 9.17) is 16.3 Å². The van der Waals surface area contributed by atoms with Crippen LogP contribution in [0, 0.1) is 5.82 Å². The topological polar surface area (TPSA) is 50.7 Å². The molecule has 3 rings (SSSR count). The van der Waals surface area contributed by atoms with Crippen molar-refractivity contribution in [1.82, 2.24) is 5.32 Å². The molecule has 0 bridgehead atoms. The Bertz CT molecular complexity index is 878. The van der Waals surface area contributed by atoms with Gasteiger partial charge in [-0.05, 0) is 30.9 Å². The van der Waals surface area contributed by atoms with Gasteiger partial charge in [0, 0.05) is 11.3 Å². The number of benzene rings is 1. The zero-order valence-electron chi connectivity index (χ0n) is 14.4. The number of carbonyl (C=O) groups is 1. The fourth-order valence-corrected chi connectivity index (χ4v) is 3.72. The molecule has 0 aliphatic carbocycles. The summed E-state index contributed by atoms with van der Waals surface area (Å²) in [5.74, 6) is -0.386. The molecule has 0 amide bonds. The van der Waals surface area contributed by atoms with Gasteiger partial charge < -0.3 is 10.1 Å². The zero-order valence-corrected chi connectivity index (χ0v) is 16.0. The van der Waals surface area contributed by atoms with Gasteiger partial charge in [0.05, 0.1) is 22.1 Å². The van der Waals surface area contributed by atoms with Gasteiger partial charge in [-0.25, -0.2) is 9.18 Å².